The van der Waals surface area contributed by atoms with Crippen molar-refractivity contribution in [2.75, 3.05) is 7.11 Å². The molecule has 0 amide bonds. The van der Waals surface area contributed by atoms with Crippen LogP contribution in [0.5, 0.6) is 5.75 Å². The van der Waals surface area contributed by atoms with E-state index < -0.39 is 0 Å². The molecule has 0 unspecified atom stereocenters. The highest BCUT2D eigenvalue weighted by atomic mass is 16.5. The molecule has 1 rings (SSSR count). The van der Waals surface area contributed by atoms with E-state index in [1.54, 1.807) is 12.1 Å². The lowest BCUT2D eigenvalue weighted by atomic mass is 10.0. The number of methoxy groups -OCH3 is 1. The summed E-state index contributed by atoms with van der Waals surface area (Å²) in [7, 11) is 1.33. The number of nitrogens with two attached hydrogens (primary N) is 1. The van der Waals surface area contributed by atoms with E-state index in [2.05, 4.69) is 4.74 Å². The number of hydrogen-bond acceptors (Lipinski definition) is 4. The molecular formula is C10H13NO3. The predicted molar refractivity (Wildman–Crippen MR) is 51.7 cm³/mol. The number of hydrogen-bond donors (Lipinski definition) is 2. The molecule has 0 bridgehead atoms. The Labute approximate surface area is 82.3 Å². The highest BCUT2D eigenvalue weighted by molar-refractivity contribution is 5.73. The predicted octanol–water partition coefficient (Wildman–Crippen LogP) is 0.566. The van der Waals surface area contributed by atoms with Gasteiger partial charge in [-0.05, 0) is 23.3 Å². The summed E-state index contributed by atoms with van der Waals surface area (Å²) in [6.45, 7) is 0.340. The number of phenolic OH excluding ortho intramolecular Hbond substituents is 1. The maximum atomic E-state index is 11.0. The van der Waals surface area contributed by atoms with Crippen molar-refractivity contribution >= 4 is 5.97 Å². The molecule has 0 heterocycles. The minimum Gasteiger partial charge on any atom is -0.508 e. The molecule has 4 nitrogen and oxygen atoms in total. The maximum Gasteiger partial charge on any atom is 0.309 e. The Morgan fingerprint density at radius 1 is 1.50 bits per heavy atom. The molecule has 3 N–H and O–H groups in total. The van der Waals surface area contributed by atoms with Gasteiger partial charge in [0.05, 0.1) is 13.5 Å². The summed E-state index contributed by atoms with van der Waals surface area (Å²) in [6, 6.07) is 4.77. The fraction of sp³-hybridized carbons (Fsp3) is 0.300. The topological polar surface area (TPSA) is 72.5 Å². The first-order valence-corrected chi connectivity index (χ1v) is 4.25. The highest BCUT2D eigenvalue weighted by Gasteiger charge is 2.07. The Balaban J connectivity index is 2.93. The second-order valence-corrected chi connectivity index (χ2v) is 2.91. The largest absolute Gasteiger partial charge is 0.508 e. The number of aromatic hydroxyl groups is 1. The average molecular weight is 195 g/mol. The molecular weight excluding hydrogens is 182 g/mol. The van der Waals surface area contributed by atoms with Crippen LogP contribution >= 0.6 is 0 Å². The second-order valence-electron chi connectivity index (χ2n) is 2.91. The molecule has 0 aromatic heterocycles. The highest BCUT2D eigenvalue weighted by Crippen LogP contribution is 2.17. The number of benzene rings is 1. The van der Waals surface area contributed by atoms with Gasteiger partial charge in [0, 0.05) is 6.54 Å². The van der Waals surface area contributed by atoms with Gasteiger partial charge in [0.25, 0.3) is 0 Å². The van der Waals surface area contributed by atoms with Crippen molar-refractivity contribution in [3.05, 3.63) is 29.3 Å². The Morgan fingerprint density at radius 2 is 2.21 bits per heavy atom. The molecule has 14 heavy (non-hydrogen) atoms. The summed E-state index contributed by atoms with van der Waals surface area (Å²) in [4.78, 5) is 11.0. The van der Waals surface area contributed by atoms with Crippen molar-refractivity contribution in [1.29, 1.82) is 0 Å². The van der Waals surface area contributed by atoms with Crippen LogP contribution in [-0.4, -0.2) is 18.2 Å². The standard InChI is InChI=1S/C10H13NO3/c1-14-10(13)5-8-4-9(12)3-2-7(8)6-11/h2-4,12H,5-6,11H2,1H3. The summed E-state index contributed by atoms with van der Waals surface area (Å²) < 4.78 is 4.53. The zero-order valence-electron chi connectivity index (χ0n) is 7.99. The lowest BCUT2D eigenvalue weighted by Crippen LogP contribution is -2.08. The summed E-state index contributed by atoms with van der Waals surface area (Å²) in [5.74, 6) is -0.216. The third kappa shape index (κ3) is 2.47. The van der Waals surface area contributed by atoms with Gasteiger partial charge in [0.2, 0.25) is 0 Å². The molecule has 0 radical (unpaired) electrons. The van der Waals surface area contributed by atoms with E-state index in [9.17, 15) is 9.90 Å². The molecule has 0 fully saturated rings. The zero-order chi connectivity index (χ0) is 10.6. The number of carbonyl (C=O) groups is 1. The van der Waals surface area contributed by atoms with Crippen LogP contribution < -0.4 is 5.73 Å². The maximum absolute atomic E-state index is 11.0. The Kier molecular flexibility index (Phi) is 3.48. The molecule has 0 atom stereocenters. The molecule has 0 saturated carbocycles. The second kappa shape index (κ2) is 4.62. The molecule has 0 aliphatic rings. The monoisotopic (exact) mass is 195 g/mol. The zero-order valence-corrected chi connectivity index (χ0v) is 7.99. The molecule has 1 aromatic carbocycles. The minimum absolute atomic E-state index is 0.126. The van der Waals surface area contributed by atoms with Gasteiger partial charge in [-0.25, -0.2) is 0 Å². The third-order valence-corrected chi connectivity index (χ3v) is 1.97. The molecule has 76 valence electrons. The van der Waals surface area contributed by atoms with Crippen molar-refractivity contribution in [3.8, 4) is 5.75 Å². The Hall–Kier alpha value is -1.55. The van der Waals surface area contributed by atoms with Crippen molar-refractivity contribution in [2.45, 2.75) is 13.0 Å². The van der Waals surface area contributed by atoms with Gasteiger partial charge in [-0.15, -0.1) is 0 Å². The van der Waals surface area contributed by atoms with Crippen LogP contribution in [0.3, 0.4) is 0 Å². The first-order valence-electron chi connectivity index (χ1n) is 4.25. The van der Waals surface area contributed by atoms with Crippen molar-refractivity contribution in [2.24, 2.45) is 5.73 Å². The number of esters is 1. The van der Waals surface area contributed by atoms with Crippen LogP contribution in [0.15, 0.2) is 18.2 Å². The molecule has 0 spiro atoms. The summed E-state index contributed by atoms with van der Waals surface area (Å²) >= 11 is 0. The van der Waals surface area contributed by atoms with Gasteiger partial charge in [0.15, 0.2) is 0 Å². The van der Waals surface area contributed by atoms with Crippen molar-refractivity contribution in [3.63, 3.8) is 0 Å². The summed E-state index contributed by atoms with van der Waals surface area (Å²) in [5.41, 5.74) is 7.03. The number of rotatable bonds is 3. The van der Waals surface area contributed by atoms with Crippen LogP contribution in [0.1, 0.15) is 11.1 Å². The minimum atomic E-state index is -0.342. The van der Waals surface area contributed by atoms with E-state index in [1.807, 2.05) is 0 Å². The van der Waals surface area contributed by atoms with Crippen molar-refractivity contribution in [1.82, 2.24) is 0 Å². The lowest BCUT2D eigenvalue weighted by Gasteiger charge is -2.06. The molecule has 0 aliphatic carbocycles. The van der Waals surface area contributed by atoms with Gasteiger partial charge in [-0.2, -0.15) is 0 Å². The van der Waals surface area contributed by atoms with Crippen LogP contribution in [0.25, 0.3) is 0 Å². The average Bonchev–Trinajstić information content (AvgIpc) is 2.18. The van der Waals surface area contributed by atoms with Gasteiger partial charge >= 0.3 is 5.97 Å². The molecule has 4 heteroatoms. The fourth-order valence-corrected chi connectivity index (χ4v) is 1.20. The van der Waals surface area contributed by atoms with Gasteiger partial charge < -0.3 is 15.6 Å². The van der Waals surface area contributed by atoms with Gasteiger partial charge in [-0.1, -0.05) is 6.07 Å². The van der Waals surface area contributed by atoms with Crippen LogP contribution in [-0.2, 0) is 22.5 Å². The summed E-state index contributed by atoms with van der Waals surface area (Å²) in [6.07, 6.45) is 0.136. The van der Waals surface area contributed by atoms with Crippen molar-refractivity contribution < 1.29 is 14.6 Å². The first-order chi connectivity index (χ1) is 6.67. The third-order valence-electron chi connectivity index (χ3n) is 1.97. The quantitative estimate of drug-likeness (QED) is 0.691. The lowest BCUT2D eigenvalue weighted by molar-refractivity contribution is -0.139. The SMILES string of the molecule is COC(=O)Cc1cc(O)ccc1CN. The van der Waals surface area contributed by atoms with Gasteiger partial charge in [-0.3, -0.25) is 4.79 Å². The van der Waals surface area contributed by atoms with E-state index in [1.165, 1.54) is 13.2 Å². The number of ether oxygens (including phenoxy) is 1. The fourth-order valence-electron chi connectivity index (χ4n) is 1.20. The molecule has 0 saturated heterocycles. The van der Waals surface area contributed by atoms with E-state index >= 15 is 0 Å². The Bertz CT molecular complexity index is 336. The molecule has 1 aromatic rings. The van der Waals surface area contributed by atoms with E-state index in [4.69, 9.17) is 5.73 Å². The van der Waals surface area contributed by atoms with E-state index in [-0.39, 0.29) is 18.1 Å². The number of phenols is 1. The van der Waals surface area contributed by atoms with Gasteiger partial charge in [0.1, 0.15) is 5.75 Å². The van der Waals surface area contributed by atoms with Crippen LogP contribution in [0.2, 0.25) is 0 Å². The van der Waals surface area contributed by atoms with E-state index in [0.717, 1.165) is 5.56 Å². The smallest absolute Gasteiger partial charge is 0.309 e. The van der Waals surface area contributed by atoms with Crippen LogP contribution in [0.4, 0.5) is 0 Å². The number of carbonyl (C=O) groups excluding carboxylic acids is 1. The normalized spacial score (nSPS) is 9.86. The molecule has 0 aliphatic heterocycles. The van der Waals surface area contributed by atoms with Crippen LogP contribution in [0, 0.1) is 0 Å². The summed E-state index contributed by atoms with van der Waals surface area (Å²) in [5, 5.41) is 9.23. The van der Waals surface area contributed by atoms with E-state index in [0.29, 0.717) is 12.1 Å². The first kappa shape index (κ1) is 10.5. The Morgan fingerprint density at radius 3 is 2.79 bits per heavy atom.